The summed E-state index contributed by atoms with van der Waals surface area (Å²) in [5, 5.41) is 0.737. The lowest BCUT2D eigenvalue weighted by molar-refractivity contribution is 0.0368. The summed E-state index contributed by atoms with van der Waals surface area (Å²) in [5.74, 6) is 1.29. The van der Waals surface area contributed by atoms with Gasteiger partial charge in [0.15, 0.2) is 0 Å². The van der Waals surface area contributed by atoms with Crippen LogP contribution >= 0.6 is 11.8 Å². The lowest BCUT2D eigenvalue weighted by Crippen LogP contribution is -2.52. The van der Waals surface area contributed by atoms with Crippen LogP contribution in [-0.4, -0.2) is 72.8 Å². The van der Waals surface area contributed by atoms with Gasteiger partial charge in [-0.05, 0) is 39.0 Å². The summed E-state index contributed by atoms with van der Waals surface area (Å²) in [5.41, 5.74) is 0. The molecular formula is C14H28N2OS. The van der Waals surface area contributed by atoms with Crippen molar-refractivity contribution in [1.29, 1.82) is 0 Å². The van der Waals surface area contributed by atoms with Gasteiger partial charge in [0.25, 0.3) is 0 Å². The van der Waals surface area contributed by atoms with Gasteiger partial charge in [-0.15, -0.1) is 0 Å². The summed E-state index contributed by atoms with van der Waals surface area (Å²) in [6.07, 6.45) is 2.55. The number of nitrogens with zero attached hydrogens (tertiary/aromatic N) is 2. The van der Waals surface area contributed by atoms with E-state index in [1.54, 1.807) is 0 Å². The Labute approximate surface area is 116 Å². The summed E-state index contributed by atoms with van der Waals surface area (Å²) >= 11 is 2.12. The van der Waals surface area contributed by atoms with Crippen LogP contribution in [0, 0.1) is 0 Å². The first-order valence-electron chi connectivity index (χ1n) is 7.51. The third kappa shape index (κ3) is 3.86. The summed E-state index contributed by atoms with van der Waals surface area (Å²) in [4.78, 5) is 5.26. The molecule has 2 fully saturated rings. The van der Waals surface area contributed by atoms with Crippen molar-refractivity contribution in [2.75, 3.05) is 51.7 Å². The quantitative estimate of drug-likeness (QED) is 0.734. The monoisotopic (exact) mass is 272 g/mol. The third-order valence-corrected chi connectivity index (χ3v) is 5.56. The molecule has 0 amide bonds. The number of thioether (sulfide) groups is 1. The average Bonchev–Trinajstić information content (AvgIpc) is 2.44. The Morgan fingerprint density at radius 2 is 2.17 bits per heavy atom. The van der Waals surface area contributed by atoms with E-state index in [2.05, 4.69) is 35.4 Å². The van der Waals surface area contributed by atoms with Crippen LogP contribution in [0.2, 0.25) is 0 Å². The van der Waals surface area contributed by atoms with Gasteiger partial charge in [-0.3, -0.25) is 4.90 Å². The molecule has 0 radical (unpaired) electrons. The average molecular weight is 272 g/mol. The van der Waals surface area contributed by atoms with E-state index in [1.165, 1.54) is 51.3 Å². The SMILES string of the molecule is CCN(CC)CCCN1CCS[C@H]2COCC[C@@H]21. The van der Waals surface area contributed by atoms with E-state index >= 15 is 0 Å². The molecule has 0 unspecified atom stereocenters. The van der Waals surface area contributed by atoms with Crippen LogP contribution in [0.15, 0.2) is 0 Å². The molecule has 0 aromatic carbocycles. The summed E-state index contributed by atoms with van der Waals surface area (Å²) in [7, 11) is 0. The maximum absolute atomic E-state index is 5.61. The molecule has 0 N–H and O–H groups in total. The molecule has 2 aliphatic heterocycles. The van der Waals surface area contributed by atoms with Gasteiger partial charge in [0.05, 0.1) is 6.61 Å². The summed E-state index contributed by atoms with van der Waals surface area (Å²) < 4.78 is 5.61. The van der Waals surface area contributed by atoms with Crippen LogP contribution in [0.3, 0.4) is 0 Å². The zero-order valence-corrected chi connectivity index (χ0v) is 12.8. The molecule has 2 heterocycles. The molecule has 0 aromatic heterocycles. The third-order valence-electron chi connectivity index (χ3n) is 4.26. The fourth-order valence-corrected chi connectivity index (χ4v) is 4.44. The maximum Gasteiger partial charge on any atom is 0.0600 e. The molecule has 0 aromatic rings. The Morgan fingerprint density at radius 1 is 1.33 bits per heavy atom. The molecule has 4 heteroatoms. The number of hydrogen-bond donors (Lipinski definition) is 0. The first-order valence-corrected chi connectivity index (χ1v) is 8.55. The highest BCUT2D eigenvalue weighted by molar-refractivity contribution is 8.00. The number of ether oxygens (including phenoxy) is 1. The Balaban J connectivity index is 1.73. The molecule has 2 rings (SSSR count). The van der Waals surface area contributed by atoms with Crippen LogP contribution in [0.1, 0.15) is 26.7 Å². The van der Waals surface area contributed by atoms with E-state index in [4.69, 9.17) is 4.74 Å². The Bertz CT molecular complexity index is 234. The minimum atomic E-state index is 0.737. The molecule has 0 aliphatic carbocycles. The fraction of sp³-hybridized carbons (Fsp3) is 1.00. The van der Waals surface area contributed by atoms with Gasteiger partial charge >= 0.3 is 0 Å². The molecule has 2 aliphatic rings. The molecule has 0 bridgehead atoms. The molecule has 3 nitrogen and oxygen atoms in total. The second-order valence-electron chi connectivity index (χ2n) is 5.26. The van der Waals surface area contributed by atoms with E-state index in [0.717, 1.165) is 24.5 Å². The molecule has 2 saturated heterocycles. The van der Waals surface area contributed by atoms with Gasteiger partial charge in [0.1, 0.15) is 0 Å². The molecule has 0 spiro atoms. The number of fused-ring (bicyclic) bond motifs is 1. The van der Waals surface area contributed by atoms with Gasteiger partial charge in [0.2, 0.25) is 0 Å². The van der Waals surface area contributed by atoms with Crippen molar-refractivity contribution in [2.45, 2.75) is 38.0 Å². The van der Waals surface area contributed by atoms with Crippen molar-refractivity contribution in [2.24, 2.45) is 0 Å². The topological polar surface area (TPSA) is 15.7 Å². The van der Waals surface area contributed by atoms with Gasteiger partial charge in [0, 0.05) is 30.2 Å². The maximum atomic E-state index is 5.61. The summed E-state index contributed by atoms with van der Waals surface area (Å²) in [6, 6.07) is 0.786. The Morgan fingerprint density at radius 3 is 2.94 bits per heavy atom. The van der Waals surface area contributed by atoms with Crippen molar-refractivity contribution in [3.63, 3.8) is 0 Å². The molecule has 0 saturated carbocycles. The van der Waals surface area contributed by atoms with Gasteiger partial charge in [-0.2, -0.15) is 11.8 Å². The van der Waals surface area contributed by atoms with Crippen molar-refractivity contribution >= 4 is 11.8 Å². The minimum absolute atomic E-state index is 0.737. The Kier molecular flexibility index (Phi) is 6.29. The van der Waals surface area contributed by atoms with Crippen molar-refractivity contribution in [3.05, 3.63) is 0 Å². The van der Waals surface area contributed by atoms with E-state index in [9.17, 15) is 0 Å². The van der Waals surface area contributed by atoms with Crippen molar-refractivity contribution in [1.82, 2.24) is 9.80 Å². The normalized spacial score (nSPS) is 29.5. The van der Waals surface area contributed by atoms with Crippen molar-refractivity contribution in [3.8, 4) is 0 Å². The predicted octanol–water partition coefficient (Wildman–Crippen LogP) is 1.92. The predicted molar refractivity (Wildman–Crippen MR) is 79.4 cm³/mol. The lowest BCUT2D eigenvalue weighted by Gasteiger charge is -2.43. The second-order valence-corrected chi connectivity index (χ2v) is 6.60. The zero-order chi connectivity index (χ0) is 12.8. The smallest absolute Gasteiger partial charge is 0.0600 e. The first-order chi connectivity index (χ1) is 8.85. The molecular weight excluding hydrogens is 244 g/mol. The second kappa shape index (κ2) is 7.73. The molecule has 2 atom stereocenters. The minimum Gasteiger partial charge on any atom is -0.380 e. The summed E-state index contributed by atoms with van der Waals surface area (Å²) in [6.45, 7) is 12.6. The van der Waals surface area contributed by atoms with Crippen LogP contribution in [0.4, 0.5) is 0 Å². The zero-order valence-electron chi connectivity index (χ0n) is 11.9. The molecule has 18 heavy (non-hydrogen) atoms. The van der Waals surface area contributed by atoms with Gasteiger partial charge in [-0.25, -0.2) is 0 Å². The van der Waals surface area contributed by atoms with Gasteiger partial charge in [-0.1, -0.05) is 13.8 Å². The van der Waals surface area contributed by atoms with Crippen LogP contribution in [0.5, 0.6) is 0 Å². The lowest BCUT2D eigenvalue weighted by atomic mass is 10.1. The number of rotatable bonds is 6. The fourth-order valence-electron chi connectivity index (χ4n) is 3.08. The highest BCUT2D eigenvalue weighted by Crippen LogP contribution is 2.30. The highest BCUT2D eigenvalue weighted by atomic mass is 32.2. The van der Waals surface area contributed by atoms with Crippen molar-refractivity contribution < 1.29 is 4.74 Å². The van der Waals surface area contributed by atoms with Crippen LogP contribution in [0.25, 0.3) is 0 Å². The van der Waals surface area contributed by atoms with E-state index in [-0.39, 0.29) is 0 Å². The first kappa shape index (κ1) is 14.6. The number of hydrogen-bond acceptors (Lipinski definition) is 4. The van der Waals surface area contributed by atoms with Crippen LogP contribution < -0.4 is 0 Å². The van der Waals surface area contributed by atoms with Crippen LogP contribution in [-0.2, 0) is 4.74 Å². The standard InChI is InChI=1S/C14H28N2OS/c1-3-15(4-2)7-5-8-16-9-11-18-14-12-17-10-6-13(14)16/h13-14H,3-12H2,1-2H3/t13-,14-/m0/s1. The molecule has 106 valence electrons. The van der Waals surface area contributed by atoms with Gasteiger partial charge < -0.3 is 9.64 Å². The van der Waals surface area contributed by atoms with E-state index in [1.807, 2.05) is 0 Å². The van der Waals surface area contributed by atoms with E-state index in [0.29, 0.717) is 0 Å². The van der Waals surface area contributed by atoms with E-state index < -0.39 is 0 Å². The highest BCUT2D eigenvalue weighted by Gasteiger charge is 2.33. The largest absolute Gasteiger partial charge is 0.380 e. The Hall–Kier alpha value is 0.230.